The Balaban J connectivity index is 0.00000760. The molecule has 0 aliphatic carbocycles. The Kier molecular flexibility index (Phi) is 10.1. The molecule has 0 amide bonds. The van der Waals surface area contributed by atoms with Crippen LogP contribution in [0.3, 0.4) is 0 Å². The van der Waals surface area contributed by atoms with E-state index in [-0.39, 0.29) is 36.7 Å². The number of carbonyl (C=O) groups excluding carboxylic acids is 3. The van der Waals surface area contributed by atoms with Gasteiger partial charge in [0.1, 0.15) is 0 Å². The maximum Gasteiger partial charge on any atom is 0.417 e. The van der Waals surface area contributed by atoms with Gasteiger partial charge in [-0.25, -0.2) is 9.59 Å². The molecule has 5 nitrogen and oxygen atoms in total. The minimum atomic E-state index is -5.47. The zero-order valence-electron chi connectivity index (χ0n) is 18.4. The zero-order valence-corrected chi connectivity index (χ0v) is 19.2. The Morgan fingerprint density at radius 1 is 0.513 bits per heavy atom. The summed E-state index contributed by atoms with van der Waals surface area (Å²) in [4.78, 5) is 35.8. The van der Waals surface area contributed by atoms with E-state index >= 15 is 0 Å². The van der Waals surface area contributed by atoms with Crippen LogP contribution in [0.4, 0.5) is 52.7 Å². The maximum atomic E-state index is 13.1. The van der Waals surface area contributed by atoms with Crippen LogP contribution in [0.25, 0.3) is 0 Å². The van der Waals surface area contributed by atoms with Crippen molar-refractivity contribution in [3.05, 3.63) is 69.8 Å². The van der Waals surface area contributed by atoms with Gasteiger partial charge >= 0.3 is 36.6 Å². The number of esters is 2. The van der Waals surface area contributed by atoms with E-state index in [1.54, 1.807) is 0 Å². The number of ether oxygens (including phenoxy) is 2. The molecule has 0 saturated heterocycles. The van der Waals surface area contributed by atoms with E-state index in [0.29, 0.717) is 12.1 Å². The van der Waals surface area contributed by atoms with Crippen LogP contribution in [-0.4, -0.2) is 30.9 Å². The smallest absolute Gasteiger partial charge is 0.417 e. The minimum absolute atomic E-state index is 0. The van der Waals surface area contributed by atoms with Crippen LogP contribution in [0, 0.1) is 0 Å². The molecule has 0 aliphatic rings. The second kappa shape index (κ2) is 11.7. The summed E-state index contributed by atoms with van der Waals surface area (Å²) in [6, 6.07) is 1.16. The van der Waals surface area contributed by atoms with E-state index in [4.69, 9.17) is 0 Å². The number of alkyl halides is 12. The highest BCUT2D eigenvalue weighted by Gasteiger charge is 2.45. The van der Waals surface area contributed by atoms with Gasteiger partial charge in [0, 0.05) is 0 Å². The van der Waals surface area contributed by atoms with Crippen molar-refractivity contribution in [2.75, 3.05) is 13.2 Å². The van der Waals surface area contributed by atoms with Gasteiger partial charge in [0.05, 0.1) is 33.4 Å². The monoisotopic (exact) mass is 606 g/mol. The largest absolute Gasteiger partial charge is 0.454 e. The number of carbonyl (C=O) groups is 3. The van der Waals surface area contributed by atoms with Crippen molar-refractivity contribution >= 4 is 30.1 Å². The average molecular weight is 607 g/mol. The molecule has 0 spiro atoms. The summed E-state index contributed by atoms with van der Waals surface area (Å²) < 4.78 is 166. The molecular formula is C21H11ClF12O5. The molecule has 0 fully saturated rings. The van der Waals surface area contributed by atoms with Crippen molar-refractivity contribution in [3.63, 3.8) is 0 Å². The van der Waals surface area contributed by atoms with Crippen LogP contribution in [-0.2, 0) is 39.0 Å². The lowest BCUT2D eigenvalue weighted by Crippen LogP contribution is -2.26. The van der Waals surface area contributed by atoms with E-state index < -0.39 is 89.0 Å². The van der Waals surface area contributed by atoms with Crippen LogP contribution in [0.1, 0.15) is 43.0 Å². The topological polar surface area (TPSA) is 69.7 Å². The van der Waals surface area contributed by atoms with Gasteiger partial charge in [0.2, 0.25) is 5.78 Å². The van der Waals surface area contributed by atoms with Crippen LogP contribution in [0.15, 0.2) is 36.4 Å². The SMILES string of the molecule is Cl.O=C(COC(=O)c1c(C(F)(F)F)cccc1C(F)(F)F)COC(=O)c1c(C(F)(F)F)cccc1C(F)(F)F. The molecule has 0 radical (unpaired) electrons. The third-order valence-corrected chi connectivity index (χ3v) is 4.49. The fourth-order valence-corrected chi connectivity index (χ4v) is 2.97. The Hall–Kier alpha value is -3.50. The summed E-state index contributed by atoms with van der Waals surface area (Å²) in [6.45, 7) is -3.30. The van der Waals surface area contributed by atoms with Crippen LogP contribution < -0.4 is 0 Å². The minimum Gasteiger partial charge on any atom is -0.454 e. The number of rotatable bonds is 6. The fraction of sp³-hybridized carbons (Fsp3) is 0.286. The Morgan fingerprint density at radius 2 is 0.744 bits per heavy atom. The van der Waals surface area contributed by atoms with E-state index in [2.05, 4.69) is 9.47 Å². The number of halogens is 13. The molecule has 216 valence electrons. The van der Waals surface area contributed by atoms with E-state index in [1.807, 2.05) is 0 Å². The van der Waals surface area contributed by atoms with Gasteiger partial charge in [-0.1, -0.05) is 12.1 Å². The lowest BCUT2D eigenvalue weighted by Gasteiger charge is -2.18. The maximum absolute atomic E-state index is 13.1. The van der Waals surface area contributed by atoms with Crippen LogP contribution in [0.5, 0.6) is 0 Å². The first-order valence-electron chi connectivity index (χ1n) is 9.56. The molecule has 0 aromatic heterocycles. The Labute approximate surface area is 215 Å². The van der Waals surface area contributed by atoms with Crippen molar-refractivity contribution < 1.29 is 76.5 Å². The molecule has 2 aromatic rings. The van der Waals surface area contributed by atoms with Gasteiger partial charge in [0.25, 0.3) is 0 Å². The standard InChI is InChI=1S/C21H10F12O5.ClH/c22-18(23,24)10-3-1-4-11(19(25,26)27)14(10)16(35)37-7-9(34)8-38-17(36)15-12(20(28,29)30)5-2-6-13(15)21(31,32)33;/h1-6H,7-8H2;1H. The van der Waals surface area contributed by atoms with Crippen molar-refractivity contribution in [1.29, 1.82) is 0 Å². The predicted molar refractivity (Wildman–Crippen MR) is 106 cm³/mol. The molecule has 0 aliphatic heterocycles. The van der Waals surface area contributed by atoms with Gasteiger partial charge in [-0.2, -0.15) is 52.7 Å². The summed E-state index contributed by atoms with van der Waals surface area (Å²) in [5, 5.41) is 0. The van der Waals surface area contributed by atoms with Gasteiger partial charge < -0.3 is 9.47 Å². The highest BCUT2D eigenvalue weighted by atomic mass is 35.5. The third-order valence-electron chi connectivity index (χ3n) is 4.49. The second-order valence-corrected chi connectivity index (χ2v) is 7.14. The molecule has 0 bridgehead atoms. The highest BCUT2D eigenvalue weighted by molar-refractivity contribution is 5.97. The van der Waals surface area contributed by atoms with Crippen molar-refractivity contribution in [2.45, 2.75) is 24.7 Å². The Bertz CT molecular complexity index is 1070. The van der Waals surface area contributed by atoms with E-state index in [0.717, 1.165) is 0 Å². The van der Waals surface area contributed by atoms with Crippen molar-refractivity contribution in [1.82, 2.24) is 0 Å². The molecule has 2 rings (SSSR count). The molecule has 2 aromatic carbocycles. The number of hydrogen-bond donors (Lipinski definition) is 0. The van der Waals surface area contributed by atoms with Crippen molar-refractivity contribution in [2.24, 2.45) is 0 Å². The first-order valence-corrected chi connectivity index (χ1v) is 9.56. The number of ketones is 1. The molecule has 0 heterocycles. The van der Waals surface area contributed by atoms with E-state index in [1.165, 1.54) is 0 Å². The summed E-state index contributed by atoms with van der Waals surface area (Å²) in [5.74, 6) is -6.18. The number of hydrogen-bond acceptors (Lipinski definition) is 5. The summed E-state index contributed by atoms with van der Waals surface area (Å²) in [7, 11) is 0. The fourth-order valence-electron chi connectivity index (χ4n) is 2.97. The number of benzene rings is 2. The van der Waals surface area contributed by atoms with E-state index in [9.17, 15) is 67.1 Å². The summed E-state index contributed by atoms with van der Waals surface area (Å²) in [5.41, 5.74) is -12.3. The lowest BCUT2D eigenvalue weighted by atomic mass is 10.00. The molecule has 18 heteroatoms. The second-order valence-electron chi connectivity index (χ2n) is 7.14. The first-order chi connectivity index (χ1) is 17.2. The quantitative estimate of drug-likeness (QED) is 0.268. The van der Waals surface area contributed by atoms with Crippen LogP contribution >= 0.6 is 12.4 Å². The molecule has 0 N–H and O–H groups in total. The third kappa shape index (κ3) is 8.24. The van der Waals surface area contributed by atoms with Gasteiger partial charge in [-0.05, 0) is 24.3 Å². The van der Waals surface area contributed by atoms with Gasteiger partial charge in [-0.15, -0.1) is 12.4 Å². The summed E-state index contributed by atoms with van der Waals surface area (Å²) >= 11 is 0. The molecule has 0 saturated carbocycles. The highest BCUT2D eigenvalue weighted by Crippen LogP contribution is 2.41. The van der Waals surface area contributed by atoms with Gasteiger partial charge in [-0.3, -0.25) is 4.79 Å². The predicted octanol–water partition coefficient (Wildman–Crippen LogP) is 6.77. The van der Waals surface area contributed by atoms with Crippen molar-refractivity contribution in [3.8, 4) is 0 Å². The molecule has 39 heavy (non-hydrogen) atoms. The molecular weight excluding hydrogens is 596 g/mol. The normalized spacial score (nSPS) is 12.4. The lowest BCUT2D eigenvalue weighted by molar-refractivity contribution is -0.145. The molecule has 0 atom stereocenters. The summed E-state index contributed by atoms with van der Waals surface area (Å²) in [6.07, 6.45) is -21.9. The zero-order chi connectivity index (χ0) is 29.3. The first kappa shape index (κ1) is 33.5. The average Bonchev–Trinajstić information content (AvgIpc) is 2.77. The number of Topliss-reactive ketones (excluding diaryl/α,β-unsaturated/α-hetero) is 1. The molecule has 0 unspecified atom stereocenters. The van der Waals surface area contributed by atoms with Gasteiger partial charge in [0.15, 0.2) is 13.2 Å². The van der Waals surface area contributed by atoms with Crippen LogP contribution in [0.2, 0.25) is 0 Å². The Morgan fingerprint density at radius 3 is 0.949 bits per heavy atom.